The normalized spacial score (nSPS) is 10.8. The van der Waals surface area contributed by atoms with Crippen molar-refractivity contribution in [3.8, 4) is 11.5 Å². The summed E-state index contributed by atoms with van der Waals surface area (Å²) in [6.45, 7) is 0.494. The van der Waals surface area contributed by atoms with Gasteiger partial charge >= 0.3 is 0 Å². The molecule has 0 fully saturated rings. The van der Waals surface area contributed by atoms with Crippen molar-refractivity contribution < 1.29 is 18.3 Å². The van der Waals surface area contributed by atoms with Crippen molar-refractivity contribution in [2.75, 3.05) is 26.5 Å². The summed E-state index contributed by atoms with van der Waals surface area (Å²) in [7, 11) is 3.01. The highest BCUT2D eigenvalue weighted by atomic mass is 32.2. The van der Waals surface area contributed by atoms with Crippen molar-refractivity contribution >= 4 is 11.8 Å². The molecule has 0 amide bonds. The smallest absolute Gasteiger partial charge is 0.247 e. The third kappa shape index (κ3) is 4.03. The summed E-state index contributed by atoms with van der Waals surface area (Å²) in [5.41, 5.74) is 6.45. The first-order chi connectivity index (χ1) is 8.62. The van der Waals surface area contributed by atoms with Gasteiger partial charge in [-0.15, -0.1) is 11.8 Å². The first-order valence-electron chi connectivity index (χ1n) is 5.48. The molecule has 0 spiro atoms. The molecule has 0 unspecified atom stereocenters. The Morgan fingerprint density at radius 2 is 2.00 bits per heavy atom. The molecular formula is C12H17F2NO2S. The summed E-state index contributed by atoms with van der Waals surface area (Å²) in [6.07, 6.45) is -1.69. The molecule has 0 bridgehead atoms. The molecule has 102 valence electrons. The summed E-state index contributed by atoms with van der Waals surface area (Å²) in [5, 5.41) is 0. The van der Waals surface area contributed by atoms with Gasteiger partial charge in [0.25, 0.3) is 0 Å². The van der Waals surface area contributed by atoms with Crippen LogP contribution in [0.5, 0.6) is 11.5 Å². The lowest BCUT2D eigenvalue weighted by Gasteiger charge is -2.14. The van der Waals surface area contributed by atoms with Crippen LogP contribution in [0.15, 0.2) is 17.0 Å². The van der Waals surface area contributed by atoms with Crippen LogP contribution in [0.25, 0.3) is 0 Å². The van der Waals surface area contributed by atoms with Crippen molar-refractivity contribution in [3.63, 3.8) is 0 Å². The van der Waals surface area contributed by atoms with Crippen LogP contribution in [0, 0.1) is 0 Å². The SMILES string of the molecule is COc1cc(CCN)cc(SCC(F)F)c1OC. The molecule has 18 heavy (non-hydrogen) atoms. The van der Waals surface area contributed by atoms with Crippen LogP contribution in [0.4, 0.5) is 8.78 Å². The lowest BCUT2D eigenvalue weighted by Crippen LogP contribution is -2.04. The minimum atomic E-state index is -2.36. The van der Waals surface area contributed by atoms with Gasteiger partial charge in [-0.2, -0.15) is 0 Å². The number of nitrogens with two attached hydrogens (primary N) is 1. The number of ether oxygens (including phenoxy) is 2. The van der Waals surface area contributed by atoms with Gasteiger partial charge in [-0.05, 0) is 30.7 Å². The summed E-state index contributed by atoms with van der Waals surface area (Å²) in [4.78, 5) is 0.653. The molecular weight excluding hydrogens is 260 g/mol. The lowest BCUT2D eigenvalue weighted by atomic mass is 10.1. The Morgan fingerprint density at radius 1 is 1.28 bits per heavy atom. The van der Waals surface area contributed by atoms with E-state index in [4.69, 9.17) is 15.2 Å². The van der Waals surface area contributed by atoms with E-state index in [0.29, 0.717) is 29.4 Å². The summed E-state index contributed by atoms with van der Waals surface area (Å²) in [5.74, 6) is 0.759. The Morgan fingerprint density at radius 3 is 2.50 bits per heavy atom. The molecule has 0 aromatic heterocycles. The average molecular weight is 277 g/mol. The molecule has 0 aliphatic rings. The van der Waals surface area contributed by atoms with E-state index in [1.165, 1.54) is 14.2 Å². The lowest BCUT2D eigenvalue weighted by molar-refractivity contribution is 0.177. The van der Waals surface area contributed by atoms with Gasteiger partial charge in [-0.25, -0.2) is 8.78 Å². The maximum Gasteiger partial charge on any atom is 0.247 e. The maximum absolute atomic E-state index is 12.3. The Bertz CT molecular complexity index is 389. The monoisotopic (exact) mass is 277 g/mol. The highest BCUT2D eigenvalue weighted by molar-refractivity contribution is 7.99. The Labute approximate surface area is 110 Å². The first-order valence-corrected chi connectivity index (χ1v) is 6.46. The van der Waals surface area contributed by atoms with Gasteiger partial charge in [0.1, 0.15) is 0 Å². The second kappa shape index (κ2) is 7.43. The molecule has 6 heteroatoms. The molecule has 3 nitrogen and oxygen atoms in total. The number of rotatable bonds is 7. The van der Waals surface area contributed by atoms with Gasteiger partial charge in [-0.1, -0.05) is 0 Å². The van der Waals surface area contributed by atoms with Gasteiger partial charge in [0.15, 0.2) is 11.5 Å². The van der Waals surface area contributed by atoms with E-state index in [-0.39, 0.29) is 5.75 Å². The van der Waals surface area contributed by atoms with Crippen LogP contribution in [-0.2, 0) is 6.42 Å². The van der Waals surface area contributed by atoms with E-state index in [0.717, 1.165) is 17.3 Å². The molecule has 1 rings (SSSR count). The molecule has 0 atom stereocenters. The van der Waals surface area contributed by atoms with E-state index in [9.17, 15) is 8.78 Å². The predicted octanol–water partition coefficient (Wildman–Crippen LogP) is 2.56. The summed E-state index contributed by atoms with van der Waals surface area (Å²) >= 11 is 1.05. The van der Waals surface area contributed by atoms with Crippen molar-refractivity contribution in [2.45, 2.75) is 17.7 Å². The fourth-order valence-corrected chi connectivity index (χ4v) is 2.41. The fourth-order valence-electron chi connectivity index (χ4n) is 1.55. The Hall–Kier alpha value is -1.01. The molecule has 0 aliphatic heterocycles. The van der Waals surface area contributed by atoms with E-state index < -0.39 is 6.43 Å². The predicted molar refractivity (Wildman–Crippen MR) is 69.0 cm³/mol. The highest BCUT2D eigenvalue weighted by Crippen LogP contribution is 2.39. The molecule has 0 saturated carbocycles. The molecule has 2 N–H and O–H groups in total. The quantitative estimate of drug-likeness (QED) is 0.778. The number of hydrogen-bond donors (Lipinski definition) is 1. The number of benzene rings is 1. The third-order valence-corrected chi connectivity index (χ3v) is 3.34. The van der Waals surface area contributed by atoms with Gasteiger partial charge in [0.2, 0.25) is 6.43 Å². The second-order valence-electron chi connectivity index (χ2n) is 3.57. The zero-order chi connectivity index (χ0) is 13.5. The standard InChI is InChI=1S/C12H17F2NO2S/c1-16-9-5-8(3-4-15)6-10(12(9)17-2)18-7-11(13)14/h5-6,11H,3-4,7,15H2,1-2H3. The number of methoxy groups -OCH3 is 2. The van der Waals surface area contributed by atoms with Crippen LogP contribution in [-0.4, -0.2) is 32.9 Å². The fraction of sp³-hybridized carbons (Fsp3) is 0.500. The van der Waals surface area contributed by atoms with E-state index in [1.807, 2.05) is 12.1 Å². The zero-order valence-corrected chi connectivity index (χ0v) is 11.2. The summed E-state index contributed by atoms with van der Waals surface area (Å²) < 4.78 is 35.0. The molecule has 0 heterocycles. The number of hydrogen-bond acceptors (Lipinski definition) is 4. The van der Waals surface area contributed by atoms with Crippen LogP contribution >= 0.6 is 11.8 Å². The van der Waals surface area contributed by atoms with Crippen molar-refractivity contribution in [2.24, 2.45) is 5.73 Å². The molecule has 0 saturated heterocycles. The maximum atomic E-state index is 12.3. The Balaban J connectivity index is 3.05. The van der Waals surface area contributed by atoms with E-state index in [2.05, 4.69) is 0 Å². The van der Waals surface area contributed by atoms with Crippen molar-refractivity contribution in [3.05, 3.63) is 17.7 Å². The molecule has 1 aromatic carbocycles. The Kier molecular flexibility index (Phi) is 6.21. The van der Waals surface area contributed by atoms with E-state index in [1.54, 1.807) is 0 Å². The number of halogens is 2. The van der Waals surface area contributed by atoms with Crippen LogP contribution in [0.3, 0.4) is 0 Å². The molecule has 0 aliphatic carbocycles. The summed E-state index contributed by atoms with van der Waals surface area (Å²) in [6, 6.07) is 3.64. The van der Waals surface area contributed by atoms with Gasteiger partial charge in [0, 0.05) is 0 Å². The minimum Gasteiger partial charge on any atom is -0.493 e. The van der Waals surface area contributed by atoms with Crippen LogP contribution < -0.4 is 15.2 Å². The molecule has 1 aromatic rings. The van der Waals surface area contributed by atoms with Gasteiger partial charge in [-0.3, -0.25) is 0 Å². The van der Waals surface area contributed by atoms with E-state index >= 15 is 0 Å². The largest absolute Gasteiger partial charge is 0.493 e. The van der Waals surface area contributed by atoms with Gasteiger partial charge in [0.05, 0.1) is 24.9 Å². The molecule has 0 radical (unpaired) electrons. The van der Waals surface area contributed by atoms with Crippen LogP contribution in [0.2, 0.25) is 0 Å². The van der Waals surface area contributed by atoms with Crippen molar-refractivity contribution in [1.82, 2.24) is 0 Å². The average Bonchev–Trinajstić information content (AvgIpc) is 2.35. The topological polar surface area (TPSA) is 44.5 Å². The first kappa shape index (κ1) is 15.0. The minimum absolute atomic E-state index is 0.272. The second-order valence-corrected chi connectivity index (χ2v) is 4.63. The zero-order valence-electron chi connectivity index (χ0n) is 10.4. The van der Waals surface area contributed by atoms with Crippen molar-refractivity contribution in [1.29, 1.82) is 0 Å². The highest BCUT2D eigenvalue weighted by Gasteiger charge is 2.14. The number of alkyl halides is 2. The number of thioether (sulfide) groups is 1. The third-order valence-electron chi connectivity index (χ3n) is 2.30. The van der Waals surface area contributed by atoms with Gasteiger partial charge < -0.3 is 15.2 Å². The van der Waals surface area contributed by atoms with Crippen LogP contribution in [0.1, 0.15) is 5.56 Å².